The van der Waals surface area contributed by atoms with Crippen LogP contribution >= 0.6 is 0 Å². The average molecular weight is 350 g/mol. The molecule has 0 saturated heterocycles. The maximum absolute atomic E-state index is 12.6. The van der Waals surface area contributed by atoms with Crippen molar-refractivity contribution in [3.8, 4) is 5.75 Å². The van der Waals surface area contributed by atoms with E-state index in [1.807, 2.05) is 37.3 Å². The predicted molar refractivity (Wildman–Crippen MR) is 102 cm³/mol. The van der Waals surface area contributed by atoms with Gasteiger partial charge in [-0.05, 0) is 43.5 Å². The van der Waals surface area contributed by atoms with Crippen LogP contribution in [-0.2, 0) is 6.42 Å². The molecule has 0 unspecified atom stereocenters. The fraction of sp³-hybridized carbons (Fsp3) is 0.273. The molecule has 4 heteroatoms. The van der Waals surface area contributed by atoms with Crippen molar-refractivity contribution in [3.63, 3.8) is 0 Å². The lowest BCUT2D eigenvalue weighted by Gasteiger charge is -2.17. The minimum atomic E-state index is -0.649. The number of carbonyl (C=O) groups is 1. The van der Waals surface area contributed by atoms with Crippen molar-refractivity contribution in [1.82, 2.24) is 0 Å². The Balaban J connectivity index is 2.04. The average Bonchev–Trinajstić information content (AvgIpc) is 2.61. The van der Waals surface area contributed by atoms with Crippen LogP contribution in [0.5, 0.6) is 5.75 Å². The van der Waals surface area contributed by atoms with E-state index in [1.54, 1.807) is 19.1 Å². The van der Waals surface area contributed by atoms with Gasteiger partial charge < -0.3 is 9.15 Å². The number of hydrogen-bond acceptors (Lipinski definition) is 4. The normalized spacial score (nSPS) is 12.1. The van der Waals surface area contributed by atoms with E-state index < -0.39 is 6.10 Å². The van der Waals surface area contributed by atoms with Gasteiger partial charge in [0.05, 0.1) is 5.39 Å². The summed E-state index contributed by atoms with van der Waals surface area (Å²) in [5.41, 5.74) is 2.52. The van der Waals surface area contributed by atoms with E-state index in [0.29, 0.717) is 16.9 Å². The first-order chi connectivity index (χ1) is 12.5. The maximum atomic E-state index is 12.6. The summed E-state index contributed by atoms with van der Waals surface area (Å²) in [5.74, 6) is 0.485. The minimum absolute atomic E-state index is 0.0883. The Morgan fingerprint density at radius 2 is 1.88 bits per heavy atom. The second kappa shape index (κ2) is 7.56. The third kappa shape index (κ3) is 3.69. The molecule has 26 heavy (non-hydrogen) atoms. The van der Waals surface area contributed by atoms with Crippen LogP contribution in [0.4, 0.5) is 0 Å². The lowest BCUT2D eigenvalue weighted by molar-refractivity contribution is 0.0820. The van der Waals surface area contributed by atoms with Crippen molar-refractivity contribution < 1.29 is 13.9 Å². The third-order valence-corrected chi connectivity index (χ3v) is 4.28. The number of ether oxygens (including phenoxy) is 1. The number of benzene rings is 2. The third-order valence-electron chi connectivity index (χ3n) is 4.28. The van der Waals surface area contributed by atoms with Crippen molar-refractivity contribution in [1.29, 1.82) is 0 Å². The molecule has 1 heterocycles. The second-order valence-electron chi connectivity index (χ2n) is 6.47. The maximum Gasteiger partial charge on any atom is 0.336 e. The number of ketones is 1. The highest BCUT2D eigenvalue weighted by Gasteiger charge is 2.20. The van der Waals surface area contributed by atoms with Gasteiger partial charge in [0.25, 0.3) is 0 Å². The molecule has 1 aromatic heterocycles. The van der Waals surface area contributed by atoms with Gasteiger partial charge in [-0.15, -0.1) is 0 Å². The van der Waals surface area contributed by atoms with Crippen LogP contribution in [0.3, 0.4) is 0 Å². The Morgan fingerprint density at radius 3 is 2.58 bits per heavy atom. The van der Waals surface area contributed by atoms with Gasteiger partial charge in [0.15, 0.2) is 6.10 Å². The zero-order valence-corrected chi connectivity index (χ0v) is 15.2. The van der Waals surface area contributed by atoms with Crippen LogP contribution in [-0.4, -0.2) is 11.9 Å². The number of rotatable bonds is 6. The van der Waals surface area contributed by atoms with Crippen LogP contribution in [0.1, 0.15) is 41.8 Å². The van der Waals surface area contributed by atoms with Crippen LogP contribution in [0.15, 0.2) is 57.7 Å². The minimum Gasteiger partial charge on any atom is -0.482 e. The molecule has 0 aliphatic rings. The monoisotopic (exact) mass is 350 g/mol. The summed E-state index contributed by atoms with van der Waals surface area (Å²) < 4.78 is 11.4. The first kappa shape index (κ1) is 17.9. The molecule has 3 rings (SSSR count). The van der Waals surface area contributed by atoms with E-state index in [2.05, 4.69) is 6.92 Å². The number of Topliss-reactive ketones (excluding diaryl/α,β-unsaturated/α-hetero) is 1. The lowest BCUT2D eigenvalue weighted by Crippen LogP contribution is -2.24. The number of carbonyl (C=O) groups excluding carboxylic acids is 1. The van der Waals surface area contributed by atoms with E-state index in [4.69, 9.17) is 9.15 Å². The topological polar surface area (TPSA) is 56.5 Å². The molecule has 0 aliphatic carbocycles. The van der Waals surface area contributed by atoms with Gasteiger partial charge in [0.2, 0.25) is 5.78 Å². The van der Waals surface area contributed by atoms with Crippen LogP contribution in [0, 0.1) is 6.92 Å². The summed E-state index contributed by atoms with van der Waals surface area (Å²) in [6.07, 6.45) is 0.983. The Kier molecular flexibility index (Phi) is 5.21. The van der Waals surface area contributed by atoms with Gasteiger partial charge in [0.1, 0.15) is 11.3 Å². The summed E-state index contributed by atoms with van der Waals surface area (Å²) >= 11 is 0. The number of fused-ring (bicyclic) bond motifs is 1. The van der Waals surface area contributed by atoms with Crippen LogP contribution in [0.25, 0.3) is 11.0 Å². The van der Waals surface area contributed by atoms with E-state index in [1.165, 1.54) is 6.07 Å². The van der Waals surface area contributed by atoms with Gasteiger partial charge in [-0.25, -0.2) is 4.79 Å². The quantitative estimate of drug-likeness (QED) is 0.477. The van der Waals surface area contributed by atoms with Gasteiger partial charge in [-0.1, -0.05) is 43.7 Å². The van der Waals surface area contributed by atoms with Crippen molar-refractivity contribution in [2.75, 3.05) is 0 Å². The highest BCUT2D eigenvalue weighted by Crippen LogP contribution is 2.31. The van der Waals surface area contributed by atoms with Crippen molar-refractivity contribution >= 4 is 16.8 Å². The zero-order chi connectivity index (χ0) is 18.7. The number of hydrogen-bond donors (Lipinski definition) is 0. The molecule has 0 amide bonds. The predicted octanol–water partition coefficient (Wildman–Crippen LogP) is 4.70. The Labute approximate surface area is 152 Å². The van der Waals surface area contributed by atoms with E-state index in [9.17, 15) is 9.59 Å². The highest BCUT2D eigenvalue weighted by atomic mass is 16.5. The molecule has 0 fully saturated rings. The largest absolute Gasteiger partial charge is 0.482 e. The Hall–Kier alpha value is -2.88. The molecular formula is C22H22O4. The van der Waals surface area contributed by atoms with Gasteiger partial charge in [-0.3, -0.25) is 4.79 Å². The lowest BCUT2D eigenvalue weighted by atomic mass is 10.0. The molecule has 2 aromatic carbocycles. The first-order valence-electron chi connectivity index (χ1n) is 8.83. The SMILES string of the molecule is CCCc1cc(=O)oc2cc(C)cc(O[C@@H](C)C(=O)c3ccccc3)c12. The van der Waals surface area contributed by atoms with Crippen molar-refractivity contribution in [2.45, 2.75) is 39.7 Å². The Bertz CT molecular complexity index is 986. The smallest absolute Gasteiger partial charge is 0.336 e. The van der Waals surface area contributed by atoms with Crippen molar-refractivity contribution in [2.24, 2.45) is 0 Å². The molecule has 134 valence electrons. The van der Waals surface area contributed by atoms with Gasteiger partial charge in [0, 0.05) is 11.6 Å². The van der Waals surface area contributed by atoms with Gasteiger partial charge in [-0.2, -0.15) is 0 Å². The van der Waals surface area contributed by atoms with E-state index >= 15 is 0 Å². The fourth-order valence-electron chi connectivity index (χ4n) is 3.11. The first-order valence-corrected chi connectivity index (χ1v) is 8.83. The summed E-state index contributed by atoms with van der Waals surface area (Å²) in [5, 5.41) is 0.768. The molecule has 0 spiro atoms. The fourth-order valence-corrected chi connectivity index (χ4v) is 3.11. The molecule has 4 nitrogen and oxygen atoms in total. The standard InChI is InChI=1S/C22H22O4/c1-4-8-17-13-20(23)26-19-12-14(2)11-18(21(17)19)25-15(3)22(24)16-9-6-5-7-10-16/h5-7,9-13,15H,4,8H2,1-3H3/t15-/m0/s1. The molecule has 3 aromatic rings. The summed E-state index contributed by atoms with van der Waals surface area (Å²) in [4.78, 5) is 24.5. The van der Waals surface area contributed by atoms with Crippen LogP contribution in [0.2, 0.25) is 0 Å². The van der Waals surface area contributed by atoms with Crippen LogP contribution < -0.4 is 10.4 Å². The molecule has 0 saturated carbocycles. The summed E-state index contributed by atoms with van der Waals surface area (Å²) in [7, 11) is 0. The molecular weight excluding hydrogens is 328 g/mol. The summed E-state index contributed by atoms with van der Waals surface area (Å²) in [6, 6.07) is 14.3. The van der Waals surface area contributed by atoms with Crippen molar-refractivity contribution in [3.05, 3.63) is 75.6 Å². The zero-order valence-electron chi connectivity index (χ0n) is 15.2. The molecule has 0 radical (unpaired) electrons. The molecule has 0 N–H and O–H groups in total. The van der Waals surface area contributed by atoms with E-state index in [-0.39, 0.29) is 11.4 Å². The van der Waals surface area contributed by atoms with Gasteiger partial charge >= 0.3 is 5.63 Å². The number of aryl methyl sites for hydroxylation is 2. The summed E-state index contributed by atoms with van der Waals surface area (Å²) in [6.45, 7) is 5.70. The molecule has 0 aliphatic heterocycles. The molecule has 0 bridgehead atoms. The van der Waals surface area contributed by atoms with E-state index in [0.717, 1.165) is 29.4 Å². The Morgan fingerprint density at radius 1 is 1.15 bits per heavy atom. The second-order valence-corrected chi connectivity index (χ2v) is 6.47. The highest BCUT2D eigenvalue weighted by molar-refractivity contribution is 5.99. The molecule has 1 atom stereocenters.